The lowest BCUT2D eigenvalue weighted by Gasteiger charge is -2.20. The van der Waals surface area contributed by atoms with Gasteiger partial charge in [0.15, 0.2) is 5.78 Å². The molecule has 0 spiro atoms. The zero-order valence-corrected chi connectivity index (χ0v) is 10.5. The van der Waals surface area contributed by atoms with E-state index in [4.69, 9.17) is 4.74 Å². The van der Waals surface area contributed by atoms with Gasteiger partial charge in [-0.15, -0.1) is 0 Å². The summed E-state index contributed by atoms with van der Waals surface area (Å²) in [5.74, 6) is 0.294. The first-order valence-electron chi connectivity index (χ1n) is 5.79. The van der Waals surface area contributed by atoms with Crippen molar-refractivity contribution >= 4 is 5.78 Å². The number of ketones is 1. The number of Topliss-reactive ketones (excluding diaryl/α,β-unsaturated/α-hetero) is 1. The third kappa shape index (κ3) is 2.92. The van der Waals surface area contributed by atoms with Crippen molar-refractivity contribution in [3.63, 3.8) is 0 Å². The Hall–Kier alpha value is -1.15. The molecule has 0 bridgehead atoms. The van der Waals surface area contributed by atoms with Gasteiger partial charge in [0.05, 0.1) is 0 Å². The van der Waals surface area contributed by atoms with E-state index in [1.807, 2.05) is 52.0 Å². The Labute approximate surface area is 97.6 Å². The van der Waals surface area contributed by atoms with Gasteiger partial charge in [0.2, 0.25) is 0 Å². The summed E-state index contributed by atoms with van der Waals surface area (Å²) in [6.07, 6.45) is -0.328. The van der Waals surface area contributed by atoms with Gasteiger partial charge in [-0.1, -0.05) is 38.1 Å². The molecule has 0 saturated heterocycles. The molecule has 88 valence electrons. The SMILES string of the molecule is CCOC(C(=O)c1ccccc1C)C(C)C. The van der Waals surface area contributed by atoms with Crippen LogP contribution in [0.3, 0.4) is 0 Å². The summed E-state index contributed by atoms with van der Waals surface area (Å²) >= 11 is 0. The second kappa shape index (κ2) is 5.80. The molecule has 2 heteroatoms. The van der Waals surface area contributed by atoms with Crippen LogP contribution in [-0.4, -0.2) is 18.5 Å². The van der Waals surface area contributed by atoms with E-state index in [0.29, 0.717) is 6.61 Å². The Bertz CT molecular complexity index is 356. The van der Waals surface area contributed by atoms with Crippen molar-refractivity contribution in [3.05, 3.63) is 35.4 Å². The average Bonchev–Trinajstić information content (AvgIpc) is 2.25. The largest absolute Gasteiger partial charge is 0.370 e. The van der Waals surface area contributed by atoms with Crippen molar-refractivity contribution in [2.75, 3.05) is 6.61 Å². The zero-order valence-electron chi connectivity index (χ0n) is 10.5. The van der Waals surface area contributed by atoms with Crippen LogP contribution in [0.15, 0.2) is 24.3 Å². The molecule has 0 saturated carbocycles. The molecule has 0 amide bonds. The first-order chi connectivity index (χ1) is 7.57. The van der Waals surface area contributed by atoms with E-state index < -0.39 is 0 Å². The third-order valence-electron chi connectivity index (χ3n) is 2.62. The first kappa shape index (κ1) is 12.9. The molecule has 1 atom stereocenters. The van der Waals surface area contributed by atoms with Crippen LogP contribution in [0.4, 0.5) is 0 Å². The van der Waals surface area contributed by atoms with E-state index in [2.05, 4.69) is 0 Å². The lowest BCUT2D eigenvalue weighted by molar-refractivity contribution is 0.0279. The van der Waals surface area contributed by atoms with Crippen molar-refractivity contribution in [2.45, 2.75) is 33.8 Å². The molecular weight excluding hydrogens is 200 g/mol. The molecular formula is C14H20O2. The Morgan fingerprint density at radius 2 is 1.94 bits per heavy atom. The summed E-state index contributed by atoms with van der Waals surface area (Å²) in [5, 5.41) is 0. The summed E-state index contributed by atoms with van der Waals surface area (Å²) in [5.41, 5.74) is 1.78. The molecule has 0 fully saturated rings. The van der Waals surface area contributed by atoms with Crippen molar-refractivity contribution in [1.82, 2.24) is 0 Å². The predicted octanol–water partition coefficient (Wildman–Crippen LogP) is 3.24. The van der Waals surface area contributed by atoms with Crippen LogP contribution in [-0.2, 0) is 4.74 Å². The second-order valence-corrected chi connectivity index (χ2v) is 4.30. The quantitative estimate of drug-likeness (QED) is 0.712. The van der Waals surface area contributed by atoms with Gasteiger partial charge in [-0.3, -0.25) is 4.79 Å². The van der Waals surface area contributed by atoms with E-state index in [-0.39, 0.29) is 17.8 Å². The van der Waals surface area contributed by atoms with Crippen molar-refractivity contribution in [2.24, 2.45) is 5.92 Å². The molecule has 16 heavy (non-hydrogen) atoms. The number of benzene rings is 1. The van der Waals surface area contributed by atoms with E-state index in [0.717, 1.165) is 11.1 Å². The maximum absolute atomic E-state index is 12.3. The standard InChI is InChI=1S/C14H20O2/c1-5-16-14(10(2)3)13(15)12-9-7-6-8-11(12)4/h6-10,14H,5H2,1-4H3. The number of carbonyl (C=O) groups excluding carboxylic acids is 1. The normalized spacial score (nSPS) is 12.8. The van der Waals surface area contributed by atoms with E-state index in [9.17, 15) is 4.79 Å². The number of hydrogen-bond donors (Lipinski definition) is 0. The van der Waals surface area contributed by atoms with Crippen LogP contribution in [0.2, 0.25) is 0 Å². The minimum atomic E-state index is -0.328. The molecule has 0 aromatic heterocycles. The highest BCUT2D eigenvalue weighted by molar-refractivity contribution is 6.00. The minimum Gasteiger partial charge on any atom is -0.370 e. The van der Waals surface area contributed by atoms with Crippen LogP contribution in [0.5, 0.6) is 0 Å². The lowest BCUT2D eigenvalue weighted by atomic mass is 9.95. The van der Waals surface area contributed by atoms with Crippen LogP contribution >= 0.6 is 0 Å². The average molecular weight is 220 g/mol. The molecule has 2 nitrogen and oxygen atoms in total. The number of aryl methyl sites for hydroxylation is 1. The third-order valence-corrected chi connectivity index (χ3v) is 2.62. The molecule has 1 unspecified atom stereocenters. The number of carbonyl (C=O) groups is 1. The van der Waals surface area contributed by atoms with Crippen molar-refractivity contribution in [1.29, 1.82) is 0 Å². The van der Waals surface area contributed by atoms with E-state index >= 15 is 0 Å². The monoisotopic (exact) mass is 220 g/mol. The van der Waals surface area contributed by atoms with Gasteiger partial charge in [-0.2, -0.15) is 0 Å². The summed E-state index contributed by atoms with van der Waals surface area (Å²) in [4.78, 5) is 12.3. The molecule has 0 aliphatic carbocycles. The summed E-state index contributed by atoms with van der Waals surface area (Å²) < 4.78 is 5.53. The molecule has 0 aliphatic heterocycles. The number of rotatable bonds is 5. The van der Waals surface area contributed by atoms with Gasteiger partial charge < -0.3 is 4.74 Å². The Kier molecular flexibility index (Phi) is 4.69. The maximum atomic E-state index is 12.3. The maximum Gasteiger partial charge on any atom is 0.192 e. The molecule has 0 N–H and O–H groups in total. The Balaban J connectivity index is 2.95. The fourth-order valence-corrected chi connectivity index (χ4v) is 1.75. The van der Waals surface area contributed by atoms with E-state index in [1.165, 1.54) is 0 Å². The molecule has 0 radical (unpaired) electrons. The van der Waals surface area contributed by atoms with Gasteiger partial charge in [0.1, 0.15) is 6.10 Å². The van der Waals surface area contributed by atoms with Crippen LogP contribution in [0.1, 0.15) is 36.7 Å². The molecule has 1 aromatic carbocycles. The van der Waals surface area contributed by atoms with Gasteiger partial charge in [-0.05, 0) is 25.3 Å². The summed E-state index contributed by atoms with van der Waals surface area (Å²) in [6.45, 7) is 8.46. The minimum absolute atomic E-state index is 0.0925. The van der Waals surface area contributed by atoms with Crippen LogP contribution in [0.25, 0.3) is 0 Å². The zero-order chi connectivity index (χ0) is 12.1. The Morgan fingerprint density at radius 1 is 1.31 bits per heavy atom. The molecule has 1 aromatic rings. The predicted molar refractivity (Wildman–Crippen MR) is 65.8 cm³/mol. The highest BCUT2D eigenvalue weighted by Crippen LogP contribution is 2.16. The van der Waals surface area contributed by atoms with Crippen molar-refractivity contribution in [3.8, 4) is 0 Å². The molecule has 0 aliphatic rings. The summed E-state index contributed by atoms with van der Waals surface area (Å²) in [7, 11) is 0. The highest BCUT2D eigenvalue weighted by atomic mass is 16.5. The lowest BCUT2D eigenvalue weighted by Crippen LogP contribution is -2.30. The van der Waals surface area contributed by atoms with Crippen LogP contribution in [0, 0.1) is 12.8 Å². The highest BCUT2D eigenvalue weighted by Gasteiger charge is 2.24. The van der Waals surface area contributed by atoms with Gasteiger partial charge in [0, 0.05) is 12.2 Å². The van der Waals surface area contributed by atoms with Crippen LogP contribution < -0.4 is 0 Å². The fraction of sp³-hybridized carbons (Fsp3) is 0.500. The Morgan fingerprint density at radius 3 is 2.44 bits per heavy atom. The van der Waals surface area contributed by atoms with Gasteiger partial charge in [0.25, 0.3) is 0 Å². The smallest absolute Gasteiger partial charge is 0.192 e. The summed E-state index contributed by atoms with van der Waals surface area (Å²) in [6, 6.07) is 7.66. The van der Waals surface area contributed by atoms with E-state index in [1.54, 1.807) is 0 Å². The number of ether oxygens (including phenoxy) is 1. The first-order valence-corrected chi connectivity index (χ1v) is 5.79. The fourth-order valence-electron chi connectivity index (χ4n) is 1.75. The second-order valence-electron chi connectivity index (χ2n) is 4.30. The van der Waals surface area contributed by atoms with Gasteiger partial charge in [-0.25, -0.2) is 0 Å². The van der Waals surface area contributed by atoms with Gasteiger partial charge >= 0.3 is 0 Å². The number of hydrogen-bond acceptors (Lipinski definition) is 2. The molecule has 0 heterocycles. The molecule has 1 rings (SSSR count). The topological polar surface area (TPSA) is 26.3 Å². The van der Waals surface area contributed by atoms with Crippen molar-refractivity contribution < 1.29 is 9.53 Å².